The van der Waals surface area contributed by atoms with Gasteiger partial charge in [0.2, 0.25) is 0 Å². The van der Waals surface area contributed by atoms with Crippen molar-refractivity contribution < 1.29 is 9.18 Å². The van der Waals surface area contributed by atoms with Crippen LogP contribution in [0.5, 0.6) is 0 Å². The molecule has 5 heteroatoms. The summed E-state index contributed by atoms with van der Waals surface area (Å²) in [4.78, 5) is 14.3. The molecule has 2 heterocycles. The minimum absolute atomic E-state index is 0.0449. The number of urea groups is 1. The van der Waals surface area contributed by atoms with E-state index in [-0.39, 0.29) is 17.8 Å². The third-order valence-electron chi connectivity index (χ3n) is 4.05. The molecule has 0 spiro atoms. The molecular formula is C17H19FN2OS. The first-order valence-corrected chi connectivity index (χ1v) is 8.45. The molecule has 0 saturated carbocycles. The number of likely N-dealkylation sites (tertiary alicyclic amines) is 1. The van der Waals surface area contributed by atoms with Crippen molar-refractivity contribution in [3.05, 3.63) is 53.2 Å². The highest BCUT2D eigenvalue weighted by Crippen LogP contribution is 2.27. The molecule has 0 bridgehead atoms. The van der Waals surface area contributed by atoms with Gasteiger partial charge in [-0.3, -0.25) is 5.32 Å². The van der Waals surface area contributed by atoms with E-state index in [0.717, 1.165) is 36.4 Å². The molecule has 2 aromatic rings. The summed E-state index contributed by atoms with van der Waals surface area (Å²) in [5.74, 6) is 0.0573. The molecule has 0 radical (unpaired) electrons. The Balaban J connectivity index is 1.69. The predicted molar refractivity (Wildman–Crippen MR) is 87.9 cm³/mol. The Morgan fingerprint density at radius 3 is 2.77 bits per heavy atom. The van der Waals surface area contributed by atoms with Gasteiger partial charge in [0, 0.05) is 19.0 Å². The Morgan fingerprint density at radius 2 is 2.05 bits per heavy atom. The number of nitrogens with one attached hydrogen (secondary N) is 1. The third kappa shape index (κ3) is 3.65. The fourth-order valence-corrected chi connectivity index (χ4v) is 3.47. The van der Waals surface area contributed by atoms with Crippen LogP contribution in [-0.4, -0.2) is 24.0 Å². The number of nitrogens with zero attached hydrogens (tertiary/aromatic N) is 1. The normalized spacial score (nSPS) is 18.8. The van der Waals surface area contributed by atoms with Crippen LogP contribution < -0.4 is 5.32 Å². The molecule has 0 aliphatic carbocycles. The first-order valence-electron chi connectivity index (χ1n) is 7.57. The average Bonchev–Trinajstić information content (AvgIpc) is 2.90. The molecule has 1 aliphatic heterocycles. The molecule has 1 aliphatic rings. The maximum Gasteiger partial charge on any atom is 0.322 e. The molecule has 1 atom stereocenters. The lowest BCUT2D eigenvalue weighted by atomic mass is 9.94. The van der Waals surface area contributed by atoms with E-state index in [9.17, 15) is 9.18 Å². The van der Waals surface area contributed by atoms with Gasteiger partial charge in [0.25, 0.3) is 0 Å². The smallest absolute Gasteiger partial charge is 0.322 e. The second-order valence-corrected chi connectivity index (χ2v) is 6.55. The minimum Gasteiger partial charge on any atom is -0.324 e. The number of anilines is 1. The van der Waals surface area contributed by atoms with Crippen LogP contribution in [0.15, 0.2) is 41.8 Å². The SMILES string of the molecule is O=C(Nc1cccs1)N1CCCC[C@@H](c2ccc(F)cc2)C1. The third-order valence-corrected chi connectivity index (χ3v) is 4.84. The zero-order valence-corrected chi connectivity index (χ0v) is 13.1. The van der Waals surface area contributed by atoms with E-state index >= 15 is 0 Å². The number of carbonyl (C=O) groups excluding carboxylic acids is 1. The van der Waals surface area contributed by atoms with Gasteiger partial charge in [0.1, 0.15) is 5.82 Å². The van der Waals surface area contributed by atoms with Crippen LogP contribution in [0.25, 0.3) is 0 Å². The Bertz CT molecular complexity index is 612. The molecule has 2 amide bonds. The molecule has 0 unspecified atom stereocenters. The van der Waals surface area contributed by atoms with Gasteiger partial charge >= 0.3 is 6.03 Å². The van der Waals surface area contributed by atoms with Crippen LogP contribution >= 0.6 is 11.3 Å². The zero-order chi connectivity index (χ0) is 15.4. The number of halogens is 1. The van der Waals surface area contributed by atoms with Gasteiger partial charge in [-0.25, -0.2) is 9.18 Å². The lowest BCUT2D eigenvalue weighted by molar-refractivity contribution is 0.211. The van der Waals surface area contributed by atoms with Crippen molar-refractivity contribution in [2.75, 3.05) is 18.4 Å². The zero-order valence-electron chi connectivity index (χ0n) is 12.3. The van der Waals surface area contributed by atoms with Crippen LogP contribution in [0, 0.1) is 5.82 Å². The number of hydrogen-bond acceptors (Lipinski definition) is 2. The first kappa shape index (κ1) is 15.0. The van der Waals surface area contributed by atoms with Crippen LogP contribution in [0.1, 0.15) is 30.7 Å². The van der Waals surface area contributed by atoms with Crippen molar-refractivity contribution in [1.29, 1.82) is 0 Å². The monoisotopic (exact) mass is 318 g/mol. The largest absolute Gasteiger partial charge is 0.324 e. The summed E-state index contributed by atoms with van der Waals surface area (Å²) in [7, 11) is 0. The molecular weight excluding hydrogens is 299 g/mol. The van der Waals surface area contributed by atoms with Gasteiger partial charge in [-0.15, -0.1) is 11.3 Å². The van der Waals surface area contributed by atoms with E-state index in [4.69, 9.17) is 0 Å². The second-order valence-electron chi connectivity index (χ2n) is 5.60. The number of hydrogen-bond donors (Lipinski definition) is 1. The standard InChI is InChI=1S/C17H19FN2OS/c18-15-8-6-13(7-9-15)14-4-1-2-10-20(12-14)17(21)19-16-5-3-11-22-16/h3,5-9,11,14H,1-2,4,10,12H2,(H,19,21)/t14-/m1/s1. The summed E-state index contributed by atoms with van der Waals surface area (Å²) < 4.78 is 13.1. The molecule has 1 fully saturated rings. The van der Waals surface area contributed by atoms with Crippen LogP contribution in [0.2, 0.25) is 0 Å². The average molecular weight is 318 g/mol. The van der Waals surface area contributed by atoms with Gasteiger partial charge in [0.05, 0.1) is 5.00 Å². The number of carbonyl (C=O) groups is 1. The van der Waals surface area contributed by atoms with Crippen molar-refractivity contribution in [2.45, 2.75) is 25.2 Å². The Kier molecular flexibility index (Phi) is 4.73. The van der Waals surface area contributed by atoms with E-state index in [2.05, 4.69) is 5.32 Å². The van der Waals surface area contributed by atoms with E-state index in [1.807, 2.05) is 34.5 Å². The van der Waals surface area contributed by atoms with E-state index in [1.54, 1.807) is 0 Å². The number of amides is 2. The fourth-order valence-electron chi connectivity index (χ4n) is 2.87. The summed E-state index contributed by atoms with van der Waals surface area (Å²) in [5, 5.41) is 5.76. The van der Waals surface area contributed by atoms with Gasteiger partial charge in [-0.1, -0.05) is 18.6 Å². The number of benzene rings is 1. The second kappa shape index (κ2) is 6.92. The quantitative estimate of drug-likeness (QED) is 0.856. The van der Waals surface area contributed by atoms with Gasteiger partial charge < -0.3 is 4.90 Å². The van der Waals surface area contributed by atoms with Crippen molar-refractivity contribution in [3.63, 3.8) is 0 Å². The first-order chi connectivity index (χ1) is 10.7. The molecule has 1 aromatic heterocycles. The molecule has 1 saturated heterocycles. The van der Waals surface area contributed by atoms with Gasteiger partial charge in [0.15, 0.2) is 0 Å². The van der Waals surface area contributed by atoms with Gasteiger partial charge in [-0.05, 0) is 48.1 Å². The summed E-state index contributed by atoms with van der Waals surface area (Å²) in [6, 6.07) is 10.4. The lowest BCUT2D eigenvalue weighted by Crippen LogP contribution is -2.37. The van der Waals surface area contributed by atoms with E-state index in [0.29, 0.717) is 6.54 Å². The predicted octanol–water partition coefficient (Wildman–Crippen LogP) is 4.69. The van der Waals surface area contributed by atoms with Crippen molar-refractivity contribution in [3.8, 4) is 0 Å². The number of thiophene rings is 1. The Labute approximate surface area is 133 Å². The molecule has 1 aromatic carbocycles. The number of rotatable bonds is 2. The minimum atomic E-state index is -0.218. The van der Waals surface area contributed by atoms with E-state index in [1.165, 1.54) is 23.5 Å². The summed E-state index contributed by atoms with van der Waals surface area (Å²) in [5.41, 5.74) is 1.11. The van der Waals surface area contributed by atoms with Crippen LogP contribution in [0.3, 0.4) is 0 Å². The van der Waals surface area contributed by atoms with Crippen molar-refractivity contribution in [2.24, 2.45) is 0 Å². The molecule has 3 rings (SSSR count). The Morgan fingerprint density at radius 1 is 1.23 bits per heavy atom. The summed E-state index contributed by atoms with van der Waals surface area (Å²) >= 11 is 1.52. The lowest BCUT2D eigenvalue weighted by Gasteiger charge is -2.24. The highest BCUT2D eigenvalue weighted by Gasteiger charge is 2.23. The van der Waals surface area contributed by atoms with Crippen LogP contribution in [-0.2, 0) is 0 Å². The molecule has 22 heavy (non-hydrogen) atoms. The molecule has 116 valence electrons. The highest BCUT2D eigenvalue weighted by atomic mass is 32.1. The molecule has 3 nitrogen and oxygen atoms in total. The molecule has 1 N–H and O–H groups in total. The maximum absolute atomic E-state index is 13.1. The van der Waals surface area contributed by atoms with Gasteiger partial charge in [-0.2, -0.15) is 0 Å². The topological polar surface area (TPSA) is 32.3 Å². The highest BCUT2D eigenvalue weighted by molar-refractivity contribution is 7.14. The maximum atomic E-state index is 13.1. The summed E-state index contributed by atoms with van der Waals surface area (Å²) in [6.45, 7) is 1.46. The van der Waals surface area contributed by atoms with Crippen LogP contribution in [0.4, 0.5) is 14.2 Å². The van der Waals surface area contributed by atoms with E-state index < -0.39 is 0 Å². The summed E-state index contributed by atoms with van der Waals surface area (Å²) in [6.07, 6.45) is 3.13. The fraction of sp³-hybridized carbons (Fsp3) is 0.353. The van der Waals surface area contributed by atoms with Crippen molar-refractivity contribution >= 4 is 22.4 Å². The Hall–Kier alpha value is -1.88. The van der Waals surface area contributed by atoms with Crippen molar-refractivity contribution in [1.82, 2.24) is 4.90 Å².